The number of hydrogen-bond donors (Lipinski definition) is 1. The van der Waals surface area contributed by atoms with Crippen molar-refractivity contribution in [1.82, 2.24) is 4.90 Å². The number of amides is 2. The summed E-state index contributed by atoms with van der Waals surface area (Å²) < 4.78 is 30.7. The number of fused-ring (bicyclic) bond motifs is 1. The van der Waals surface area contributed by atoms with Crippen molar-refractivity contribution < 1.29 is 28.2 Å². The van der Waals surface area contributed by atoms with Crippen LogP contribution < -0.4 is 19.5 Å². The van der Waals surface area contributed by atoms with Crippen LogP contribution >= 0.6 is 11.8 Å². The van der Waals surface area contributed by atoms with Crippen LogP contribution in [0.2, 0.25) is 0 Å². The molecule has 2 aliphatic heterocycles. The number of aliphatic imine (C=N–C) groups is 1. The molecule has 1 unspecified atom stereocenters. The van der Waals surface area contributed by atoms with Crippen molar-refractivity contribution in [3.8, 4) is 17.2 Å². The molecule has 2 heterocycles. The van der Waals surface area contributed by atoms with Gasteiger partial charge in [0, 0.05) is 12.1 Å². The number of halogens is 1. The second kappa shape index (κ2) is 10.9. The Labute approximate surface area is 217 Å². The minimum atomic E-state index is -0.738. The number of benzene rings is 3. The molecule has 1 saturated heterocycles. The number of para-hydroxylation sites is 1. The van der Waals surface area contributed by atoms with E-state index in [4.69, 9.17) is 14.2 Å². The van der Waals surface area contributed by atoms with Crippen molar-refractivity contribution >= 4 is 40.1 Å². The highest BCUT2D eigenvalue weighted by Crippen LogP contribution is 2.35. The van der Waals surface area contributed by atoms with Crippen LogP contribution in [0.5, 0.6) is 17.2 Å². The minimum Gasteiger partial charge on any atom is -0.494 e. The quantitative estimate of drug-likeness (QED) is 0.465. The predicted octanol–water partition coefficient (Wildman–Crippen LogP) is 5.11. The molecule has 5 rings (SSSR count). The number of rotatable bonds is 7. The summed E-state index contributed by atoms with van der Waals surface area (Å²) in [6.07, 6.45) is -0.0334. The average Bonchev–Trinajstić information content (AvgIpc) is 3.36. The maximum atomic E-state index is 14.4. The molecule has 0 radical (unpaired) electrons. The highest BCUT2D eigenvalue weighted by atomic mass is 32.2. The van der Waals surface area contributed by atoms with Crippen molar-refractivity contribution in [2.24, 2.45) is 4.99 Å². The molecule has 2 amide bonds. The van der Waals surface area contributed by atoms with E-state index in [9.17, 15) is 14.0 Å². The Morgan fingerprint density at radius 3 is 2.70 bits per heavy atom. The van der Waals surface area contributed by atoms with E-state index in [1.54, 1.807) is 48.5 Å². The van der Waals surface area contributed by atoms with Crippen molar-refractivity contribution in [2.75, 3.05) is 18.7 Å². The highest BCUT2D eigenvalue weighted by molar-refractivity contribution is 8.15. The van der Waals surface area contributed by atoms with Gasteiger partial charge in [-0.25, -0.2) is 9.38 Å². The predicted molar refractivity (Wildman–Crippen MR) is 139 cm³/mol. The van der Waals surface area contributed by atoms with Crippen LogP contribution in [0.3, 0.4) is 0 Å². The highest BCUT2D eigenvalue weighted by Gasteiger charge is 2.36. The molecule has 2 aliphatic rings. The normalized spacial score (nSPS) is 17.7. The maximum Gasteiger partial charge on any atom is 0.238 e. The minimum absolute atomic E-state index is 0.0334. The van der Waals surface area contributed by atoms with Gasteiger partial charge in [0.1, 0.15) is 22.5 Å². The molecule has 37 heavy (non-hydrogen) atoms. The molecular weight excluding hydrogens is 497 g/mol. The fourth-order valence-electron chi connectivity index (χ4n) is 3.89. The topological polar surface area (TPSA) is 89.5 Å². The summed E-state index contributed by atoms with van der Waals surface area (Å²) in [5.74, 6) is 0.766. The fraction of sp³-hybridized carbons (Fsp3) is 0.222. The summed E-state index contributed by atoms with van der Waals surface area (Å²) in [7, 11) is 0. The molecule has 3 aromatic carbocycles. The van der Waals surface area contributed by atoms with E-state index in [2.05, 4.69) is 10.3 Å². The van der Waals surface area contributed by atoms with Gasteiger partial charge in [0.25, 0.3) is 0 Å². The third kappa shape index (κ3) is 5.69. The van der Waals surface area contributed by atoms with Crippen LogP contribution in [-0.4, -0.2) is 40.5 Å². The van der Waals surface area contributed by atoms with Gasteiger partial charge in [0.15, 0.2) is 16.7 Å². The van der Waals surface area contributed by atoms with Crippen molar-refractivity contribution in [1.29, 1.82) is 0 Å². The summed E-state index contributed by atoms with van der Waals surface area (Å²) in [6, 6.07) is 18.4. The lowest BCUT2D eigenvalue weighted by atomic mass is 10.1. The summed E-state index contributed by atoms with van der Waals surface area (Å²) in [5, 5.41) is 2.35. The Kier molecular flexibility index (Phi) is 7.27. The lowest BCUT2D eigenvalue weighted by Crippen LogP contribution is -2.44. The summed E-state index contributed by atoms with van der Waals surface area (Å²) >= 11 is 1.13. The van der Waals surface area contributed by atoms with Gasteiger partial charge in [-0.2, -0.15) is 0 Å². The molecule has 10 heteroatoms. The largest absolute Gasteiger partial charge is 0.494 e. The molecule has 1 fully saturated rings. The van der Waals surface area contributed by atoms with E-state index < -0.39 is 11.1 Å². The van der Waals surface area contributed by atoms with Crippen LogP contribution in [0.4, 0.5) is 15.8 Å². The van der Waals surface area contributed by atoms with E-state index in [0.29, 0.717) is 29.5 Å². The number of nitrogens with one attached hydrogen (secondary N) is 1. The molecule has 190 valence electrons. The first-order valence-corrected chi connectivity index (χ1v) is 12.6. The van der Waals surface area contributed by atoms with Crippen molar-refractivity contribution in [2.45, 2.75) is 25.1 Å². The molecule has 8 nitrogen and oxygen atoms in total. The number of carbonyl (C=O) groups is 2. The molecule has 1 N–H and O–H groups in total. The standard InChI is InChI=1S/C27H24FN3O5S/c1-2-34-19-10-8-18(9-11-19)29-26(33)24-14-25(32)31(15-17-7-12-22-23(13-17)36-16-35-22)27(37-24)30-21-6-4-3-5-20(21)28/h3-13,24H,2,14-16H2,1H3,(H,29,33). The second-order valence-electron chi connectivity index (χ2n) is 8.27. The Morgan fingerprint density at radius 2 is 1.92 bits per heavy atom. The Morgan fingerprint density at radius 1 is 1.14 bits per heavy atom. The van der Waals surface area contributed by atoms with E-state index in [0.717, 1.165) is 17.3 Å². The van der Waals surface area contributed by atoms with Crippen LogP contribution in [0, 0.1) is 5.82 Å². The molecule has 1 atom stereocenters. The van der Waals surface area contributed by atoms with Gasteiger partial charge in [-0.1, -0.05) is 30.0 Å². The Balaban J connectivity index is 1.38. The van der Waals surface area contributed by atoms with Gasteiger partial charge in [-0.3, -0.25) is 14.5 Å². The van der Waals surface area contributed by atoms with Gasteiger partial charge < -0.3 is 19.5 Å². The summed E-state index contributed by atoms with van der Waals surface area (Å²) in [6.45, 7) is 2.76. The lowest BCUT2D eigenvalue weighted by Gasteiger charge is -2.32. The molecule has 0 spiro atoms. The molecule has 0 bridgehead atoms. The Bertz CT molecular complexity index is 1350. The zero-order valence-electron chi connectivity index (χ0n) is 20.0. The van der Waals surface area contributed by atoms with Crippen LogP contribution in [0.25, 0.3) is 0 Å². The molecule has 0 aromatic heterocycles. The number of ether oxygens (including phenoxy) is 3. The third-order valence-corrected chi connectivity index (χ3v) is 6.90. The number of thioether (sulfide) groups is 1. The van der Waals surface area contributed by atoms with Gasteiger partial charge in [-0.05, 0) is 61.0 Å². The smallest absolute Gasteiger partial charge is 0.238 e. The third-order valence-electron chi connectivity index (χ3n) is 5.71. The first kappa shape index (κ1) is 24.6. The first-order chi connectivity index (χ1) is 18.0. The van der Waals surface area contributed by atoms with E-state index in [-0.39, 0.29) is 42.4 Å². The van der Waals surface area contributed by atoms with Gasteiger partial charge >= 0.3 is 0 Å². The Hall–Kier alpha value is -4.05. The van der Waals surface area contributed by atoms with Gasteiger partial charge in [-0.15, -0.1) is 0 Å². The second-order valence-corrected chi connectivity index (χ2v) is 9.44. The first-order valence-electron chi connectivity index (χ1n) is 11.7. The number of amidine groups is 1. The molecule has 0 aliphatic carbocycles. The summed E-state index contributed by atoms with van der Waals surface area (Å²) in [4.78, 5) is 32.3. The fourth-order valence-corrected chi connectivity index (χ4v) is 4.98. The molecule has 0 saturated carbocycles. The van der Waals surface area contributed by atoms with Crippen LogP contribution in [-0.2, 0) is 16.1 Å². The lowest BCUT2D eigenvalue weighted by molar-refractivity contribution is -0.129. The number of hydrogen-bond acceptors (Lipinski definition) is 7. The SMILES string of the molecule is CCOc1ccc(NC(=O)C2CC(=O)N(Cc3ccc4c(c3)OCO4)C(=Nc3ccccc3F)S2)cc1. The van der Waals surface area contributed by atoms with Crippen LogP contribution in [0.15, 0.2) is 71.7 Å². The van der Waals surface area contributed by atoms with Crippen LogP contribution in [0.1, 0.15) is 18.9 Å². The number of anilines is 1. The monoisotopic (exact) mass is 521 g/mol. The van der Waals surface area contributed by atoms with Gasteiger partial charge in [0.2, 0.25) is 18.6 Å². The maximum absolute atomic E-state index is 14.4. The number of carbonyl (C=O) groups excluding carboxylic acids is 2. The summed E-state index contributed by atoms with van der Waals surface area (Å²) in [5.41, 5.74) is 1.45. The molecular formula is C27H24FN3O5S. The van der Waals surface area contributed by atoms with Gasteiger partial charge in [0.05, 0.1) is 13.2 Å². The zero-order chi connectivity index (χ0) is 25.8. The van der Waals surface area contributed by atoms with Crippen molar-refractivity contribution in [3.05, 3.63) is 78.1 Å². The van der Waals surface area contributed by atoms with Crippen molar-refractivity contribution in [3.63, 3.8) is 0 Å². The van der Waals surface area contributed by atoms with E-state index in [1.165, 1.54) is 17.0 Å². The van der Waals surface area contributed by atoms with E-state index >= 15 is 0 Å². The van der Waals surface area contributed by atoms with E-state index in [1.807, 2.05) is 13.0 Å². The average molecular weight is 522 g/mol. The molecule has 3 aromatic rings. The number of nitrogens with zero attached hydrogens (tertiary/aromatic N) is 2. The zero-order valence-corrected chi connectivity index (χ0v) is 20.8.